The topological polar surface area (TPSA) is 21.3 Å². The Bertz CT molecular complexity index is 601. The number of methoxy groups -OCH3 is 1. The maximum absolute atomic E-state index is 5.42. The van der Waals surface area contributed by atoms with E-state index in [1.54, 1.807) is 7.11 Å². The summed E-state index contributed by atoms with van der Waals surface area (Å²) in [5.41, 5.74) is 4.89. The number of hydrogen-bond acceptors (Lipinski definition) is 2. The van der Waals surface area contributed by atoms with E-state index in [9.17, 15) is 0 Å². The van der Waals surface area contributed by atoms with Crippen molar-refractivity contribution in [2.45, 2.75) is 33.2 Å². The standard InChI is InChI=1S/C18H22BrNO/c1-12-9-16(10-13(2)18(12)19)20-14(3)11-15-7-5-6-8-17(15)21-4/h5-10,14,20H,11H2,1-4H3. The zero-order chi connectivity index (χ0) is 15.4. The monoisotopic (exact) mass is 347 g/mol. The second kappa shape index (κ2) is 6.99. The van der Waals surface area contributed by atoms with Crippen molar-refractivity contribution in [3.63, 3.8) is 0 Å². The van der Waals surface area contributed by atoms with Crippen LogP contribution in [0.5, 0.6) is 5.75 Å². The molecule has 0 amide bonds. The summed E-state index contributed by atoms with van der Waals surface area (Å²) in [5.74, 6) is 0.953. The van der Waals surface area contributed by atoms with Crippen LogP contribution in [0.15, 0.2) is 40.9 Å². The van der Waals surface area contributed by atoms with Gasteiger partial charge in [0.2, 0.25) is 0 Å². The zero-order valence-electron chi connectivity index (χ0n) is 13.0. The summed E-state index contributed by atoms with van der Waals surface area (Å²) in [5, 5.41) is 3.57. The Hall–Kier alpha value is -1.48. The second-order valence-corrected chi connectivity index (χ2v) is 6.28. The normalized spacial score (nSPS) is 12.0. The summed E-state index contributed by atoms with van der Waals surface area (Å²) in [6.07, 6.45) is 0.929. The van der Waals surface area contributed by atoms with Crippen LogP contribution < -0.4 is 10.1 Å². The van der Waals surface area contributed by atoms with Crippen molar-refractivity contribution in [2.75, 3.05) is 12.4 Å². The van der Waals surface area contributed by atoms with Crippen molar-refractivity contribution in [1.29, 1.82) is 0 Å². The van der Waals surface area contributed by atoms with Crippen molar-refractivity contribution < 1.29 is 4.74 Å². The predicted molar refractivity (Wildman–Crippen MR) is 93.4 cm³/mol. The van der Waals surface area contributed by atoms with Crippen molar-refractivity contribution in [2.24, 2.45) is 0 Å². The van der Waals surface area contributed by atoms with Crippen LogP contribution in [-0.4, -0.2) is 13.2 Å². The molecule has 21 heavy (non-hydrogen) atoms. The van der Waals surface area contributed by atoms with Crippen LogP contribution in [0.4, 0.5) is 5.69 Å². The minimum absolute atomic E-state index is 0.335. The van der Waals surface area contributed by atoms with Gasteiger partial charge in [0.25, 0.3) is 0 Å². The molecular formula is C18H22BrNO. The molecule has 112 valence electrons. The summed E-state index contributed by atoms with van der Waals surface area (Å²) in [6, 6.07) is 12.9. The van der Waals surface area contributed by atoms with Gasteiger partial charge in [-0.2, -0.15) is 0 Å². The van der Waals surface area contributed by atoms with Crippen LogP contribution in [0.1, 0.15) is 23.6 Å². The molecule has 0 bridgehead atoms. The van der Waals surface area contributed by atoms with E-state index in [0.717, 1.165) is 17.9 Å². The number of nitrogens with one attached hydrogen (secondary N) is 1. The molecule has 1 atom stereocenters. The minimum atomic E-state index is 0.335. The lowest BCUT2D eigenvalue weighted by Gasteiger charge is -2.18. The fourth-order valence-corrected chi connectivity index (χ4v) is 2.80. The van der Waals surface area contributed by atoms with Gasteiger partial charge in [0, 0.05) is 16.2 Å². The van der Waals surface area contributed by atoms with E-state index in [1.807, 2.05) is 12.1 Å². The lowest BCUT2D eigenvalue weighted by molar-refractivity contribution is 0.409. The molecule has 1 N–H and O–H groups in total. The molecule has 3 heteroatoms. The third-order valence-corrected chi connectivity index (χ3v) is 4.82. The van der Waals surface area contributed by atoms with Crippen LogP contribution in [0.25, 0.3) is 0 Å². The highest BCUT2D eigenvalue weighted by Gasteiger charge is 2.09. The second-order valence-electron chi connectivity index (χ2n) is 5.49. The molecule has 2 rings (SSSR count). The fraction of sp³-hybridized carbons (Fsp3) is 0.333. The average Bonchev–Trinajstić information content (AvgIpc) is 2.45. The Kier molecular flexibility index (Phi) is 5.29. The molecular weight excluding hydrogens is 326 g/mol. The number of rotatable bonds is 5. The molecule has 0 saturated carbocycles. The SMILES string of the molecule is COc1ccccc1CC(C)Nc1cc(C)c(Br)c(C)c1. The van der Waals surface area contributed by atoms with Gasteiger partial charge in [-0.25, -0.2) is 0 Å². The number of benzene rings is 2. The van der Waals surface area contributed by atoms with E-state index < -0.39 is 0 Å². The summed E-state index contributed by atoms with van der Waals surface area (Å²) in [6.45, 7) is 6.43. The molecule has 2 aromatic rings. The maximum atomic E-state index is 5.42. The first-order valence-electron chi connectivity index (χ1n) is 7.16. The number of ether oxygens (including phenoxy) is 1. The van der Waals surface area contributed by atoms with Crippen molar-refractivity contribution in [1.82, 2.24) is 0 Å². The number of hydrogen-bond donors (Lipinski definition) is 1. The third-order valence-electron chi connectivity index (χ3n) is 3.57. The molecule has 0 aliphatic heterocycles. The number of halogens is 1. The van der Waals surface area contributed by atoms with Gasteiger partial charge in [-0.15, -0.1) is 0 Å². The highest BCUT2D eigenvalue weighted by Crippen LogP contribution is 2.26. The number of anilines is 1. The lowest BCUT2D eigenvalue weighted by Crippen LogP contribution is -2.18. The first-order valence-corrected chi connectivity index (χ1v) is 7.95. The Morgan fingerprint density at radius 1 is 1.14 bits per heavy atom. The zero-order valence-corrected chi connectivity index (χ0v) is 14.6. The van der Waals surface area contributed by atoms with E-state index in [-0.39, 0.29) is 0 Å². The fourth-order valence-electron chi connectivity index (χ4n) is 2.57. The highest BCUT2D eigenvalue weighted by atomic mass is 79.9. The van der Waals surface area contributed by atoms with Crippen molar-refractivity contribution >= 4 is 21.6 Å². The smallest absolute Gasteiger partial charge is 0.122 e. The minimum Gasteiger partial charge on any atom is -0.496 e. The molecule has 2 nitrogen and oxygen atoms in total. The van der Waals surface area contributed by atoms with Gasteiger partial charge in [-0.05, 0) is 62.1 Å². The summed E-state index contributed by atoms with van der Waals surface area (Å²) >= 11 is 3.61. The average molecular weight is 348 g/mol. The van der Waals surface area contributed by atoms with E-state index in [2.05, 4.69) is 66.3 Å². The lowest BCUT2D eigenvalue weighted by atomic mass is 10.0. The van der Waals surface area contributed by atoms with E-state index in [0.29, 0.717) is 6.04 Å². The molecule has 0 spiro atoms. The van der Waals surface area contributed by atoms with Gasteiger partial charge in [-0.3, -0.25) is 0 Å². The van der Waals surface area contributed by atoms with Gasteiger partial charge in [0.15, 0.2) is 0 Å². The number of para-hydroxylation sites is 1. The molecule has 0 radical (unpaired) electrons. The molecule has 0 aliphatic rings. The van der Waals surface area contributed by atoms with Gasteiger partial charge < -0.3 is 10.1 Å². The molecule has 1 unspecified atom stereocenters. The highest BCUT2D eigenvalue weighted by molar-refractivity contribution is 9.10. The van der Waals surface area contributed by atoms with E-state index in [1.165, 1.54) is 21.2 Å². The Morgan fingerprint density at radius 3 is 2.38 bits per heavy atom. The van der Waals surface area contributed by atoms with Crippen LogP contribution in [0.3, 0.4) is 0 Å². The Labute approximate surface area is 135 Å². The Morgan fingerprint density at radius 2 is 1.76 bits per heavy atom. The van der Waals surface area contributed by atoms with Crippen molar-refractivity contribution in [3.05, 3.63) is 57.6 Å². The first kappa shape index (κ1) is 15.9. The molecule has 2 aromatic carbocycles. The van der Waals surface area contributed by atoms with Gasteiger partial charge >= 0.3 is 0 Å². The summed E-state index contributed by atoms with van der Waals surface area (Å²) in [7, 11) is 1.72. The molecule has 0 saturated heterocycles. The van der Waals surface area contributed by atoms with Gasteiger partial charge in [0.1, 0.15) is 5.75 Å². The van der Waals surface area contributed by atoms with E-state index >= 15 is 0 Å². The third kappa shape index (κ3) is 4.01. The number of aryl methyl sites for hydroxylation is 2. The molecule has 0 aliphatic carbocycles. The predicted octanol–water partition coefficient (Wildman–Crippen LogP) is 5.12. The largest absolute Gasteiger partial charge is 0.496 e. The summed E-state index contributed by atoms with van der Waals surface area (Å²) in [4.78, 5) is 0. The quantitative estimate of drug-likeness (QED) is 0.810. The van der Waals surface area contributed by atoms with Crippen LogP contribution in [0, 0.1) is 13.8 Å². The van der Waals surface area contributed by atoms with Crippen LogP contribution in [-0.2, 0) is 6.42 Å². The van der Waals surface area contributed by atoms with Gasteiger partial charge in [-0.1, -0.05) is 34.1 Å². The van der Waals surface area contributed by atoms with Crippen LogP contribution >= 0.6 is 15.9 Å². The van der Waals surface area contributed by atoms with E-state index in [4.69, 9.17) is 4.74 Å². The molecule has 0 heterocycles. The van der Waals surface area contributed by atoms with Gasteiger partial charge in [0.05, 0.1) is 7.11 Å². The molecule has 0 aromatic heterocycles. The first-order chi connectivity index (χ1) is 10.0. The summed E-state index contributed by atoms with van der Waals surface area (Å²) < 4.78 is 6.60. The van der Waals surface area contributed by atoms with Crippen LogP contribution in [0.2, 0.25) is 0 Å². The maximum Gasteiger partial charge on any atom is 0.122 e. The van der Waals surface area contributed by atoms with Crippen molar-refractivity contribution in [3.8, 4) is 5.75 Å². The Balaban J connectivity index is 2.10. The molecule has 0 fully saturated rings.